The first-order valence-corrected chi connectivity index (χ1v) is 7.28. The van der Waals surface area contributed by atoms with E-state index in [1.165, 1.54) is 0 Å². The number of halogens is 1. The van der Waals surface area contributed by atoms with Crippen LogP contribution in [-0.4, -0.2) is 34.6 Å². The van der Waals surface area contributed by atoms with Crippen LogP contribution in [0, 0.1) is 0 Å². The summed E-state index contributed by atoms with van der Waals surface area (Å²) in [7, 11) is 0. The zero-order valence-electron chi connectivity index (χ0n) is 11.7. The monoisotopic (exact) mass is 296 g/mol. The highest BCUT2D eigenvalue weighted by Gasteiger charge is 2.25. The first-order chi connectivity index (χ1) is 9.37. The number of likely N-dealkylation sites (tertiary alicyclic amines) is 1. The van der Waals surface area contributed by atoms with Crippen molar-refractivity contribution in [2.45, 2.75) is 38.3 Å². The first kappa shape index (κ1) is 15.3. The molecule has 0 aliphatic carbocycles. The number of aliphatic hydroxyl groups is 1. The maximum Gasteiger partial charge on any atom is 0.248 e. The maximum absolute atomic E-state index is 11.1. The van der Waals surface area contributed by atoms with Crippen LogP contribution >= 0.6 is 11.6 Å². The van der Waals surface area contributed by atoms with Crippen molar-refractivity contribution in [3.63, 3.8) is 0 Å². The zero-order chi connectivity index (χ0) is 14.8. The smallest absolute Gasteiger partial charge is 0.248 e. The van der Waals surface area contributed by atoms with Gasteiger partial charge in [0, 0.05) is 23.7 Å². The molecular formula is C15H21ClN2O2. The van der Waals surface area contributed by atoms with Crippen LogP contribution in [0.15, 0.2) is 18.2 Å². The lowest BCUT2D eigenvalue weighted by Gasteiger charge is -2.22. The van der Waals surface area contributed by atoms with E-state index in [1.54, 1.807) is 12.1 Å². The molecule has 1 saturated heterocycles. The molecule has 0 spiro atoms. The van der Waals surface area contributed by atoms with Gasteiger partial charge in [-0.2, -0.15) is 0 Å². The van der Waals surface area contributed by atoms with E-state index in [4.69, 9.17) is 17.3 Å². The second-order valence-electron chi connectivity index (χ2n) is 5.80. The fourth-order valence-electron chi connectivity index (χ4n) is 2.55. The molecule has 0 bridgehead atoms. The van der Waals surface area contributed by atoms with Crippen molar-refractivity contribution >= 4 is 17.5 Å². The molecule has 1 atom stereocenters. The van der Waals surface area contributed by atoms with Crippen molar-refractivity contribution < 1.29 is 9.90 Å². The Labute approximate surface area is 124 Å². The van der Waals surface area contributed by atoms with Crippen LogP contribution < -0.4 is 5.73 Å². The third kappa shape index (κ3) is 3.95. The number of rotatable bonds is 3. The van der Waals surface area contributed by atoms with Crippen molar-refractivity contribution in [1.29, 1.82) is 0 Å². The molecule has 4 nitrogen and oxygen atoms in total. The van der Waals surface area contributed by atoms with Gasteiger partial charge >= 0.3 is 0 Å². The molecule has 1 unspecified atom stereocenters. The maximum atomic E-state index is 11.1. The topological polar surface area (TPSA) is 66.6 Å². The molecular weight excluding hydrogens is 276 g/mol. The Balaban J connectivity index is 2.05. The van der Waals surface area contributed by atoms with Crippen molar-refractivity contribution in [2.75, 3.05) is 13.1 Å². The molecule has 20 heavy (non-hydrogen) atoms. The lowest BCUT2D eigenvalue weighted by atomic mass is 9.98. The van der Waals surface area contributed by atoms with Crippen molar-refractivity contribution in [3.05, 3.63) is 34.3 Å². The summed E-state index contributed by atoms with van der Waals surface area (Å²) in [4.78, 5) is 13.4. The minimum absolute atomic E-state index is 0.428. The van der Waals surface area contributed by atoms with Crippen molar-refractivity contribution in [2.24, 2.45) is 5.73 Å². The third-order valence-corrected chi connectivity index (χ3v) is 4.24. The predicted molar refractivity (Wildman–Crippen MR) is 79.7 cm³/mol. The predicted octanol–water partition coefficient (Wildman–Crippen LogP) is 2.18. The average Bonchev–Trinajstić information content (AvgIpc) is 2.53. The van der Waals surface area contributed by atoms with Crippen molar-refractivity contribution in [1.82, 2.24) is 4.90 Å². The minimum atomic E-state index is -0.561. The summed E-state index contributed by atoms with van der Waals surface area (Å²) in [6, 6.07) is 5.18. The number of benzene rings is 1. The minimum Gasteiger partial charge on any atom is -0.390 e. The number of hydrogen-bond donors (Lipinski definition) is 2. The molecule has 2 rings (SSSR count). The van der Waals surface area contributed by atoms with Crippen LogP contribution in [0.3, 0.4) is 0 Å². The molecule has 5 heteroatoms. The number of carbonyl (C=O) groups excluding carboxylic acids is 1. The molecule has 3 N–H and O–H groups in total. The summed E-state index contributed by atoms with van der Waals surface area (Å²) in [6.45, 7) is 4.42. The van der Waals surface area contributed by atoms with Crippen LogP contribution in [0.25, 0.3) is 0 Å². The molecule has 0 radical (unpaired) electrons. The van der Waals surface area contributed by atoms with Crippen molar-refractivity contribution in [3.8, 4) is 0 Å². The van der Waals surface area contributed by atoms with Crippen LogP contribution in [0.5, 0.6) is 0 Å². The summed E-state index contributed by atoms with van der Waals surface area (Å²) in [5, 5.41) is 10.7. The molecule has 110 valence electrons. The van der Waals surface area contributed by atoms with E-state index in [0.29, 0.717) is 10.6 Å². The highest BCUT2D eigenvalue weighted by atomic mass is 35.5. The van der Waals surface area contributed by atoms with E-state index in [9.17, 15) is 9.90 Å². The Morgan fingerprint density at radius 3 is 2.85 bits per heavy atom. The van der Waals surface area contributed by atoms with Crippen LogP contribution in [-0.2, 0) is 6.54 Å². The third-order valence-electron chi connectivity index (χ3n) is 3.89. The Bertz CT molecular complexity index is 503. The van der Waals surface area contributed by atoms with Crippen LogP contribution in [0.4, 0.5) is 0 Å². The van der Waals surface area contributed by atoms with Gasteiger partial charge in [0.05, 0.1) is 5.60 Å². The molecule has 1 aliphatic rings. The normalized spacial score (nSPS) is 24.4. The number of nitrogens with two attached hydrogens (primary N) is 1. The van der Waals surface area contributed by atoms with Crippen LogP contribution in [0.2, 0.25) is 5.02 Å². The van der Waals surface area contributed by atoms with E-state index in [2.05, 4.69) is 4.90 Å². The number of nitrogens with zero attached hydrogens (tertiary/aromatic N) is 1. The molecule has 1 amide bonds. The van der Waals surface area contributed by atoms with Gasteiger partial charge in [-0.15, -0.1) is 0 Å². The van der Waals surface area contributed by atoms with E-state index in [-0.39, 0.29) is 0 Å². The first-order valence-electron chi connectivity index (χ1n) is 6.90. The molecule has 1 heterocycles. The summed E-state index contributed by atoms with van der Waals surface area (Å²) < 4.78 is 0. The van der Waals surface area contributed by atoms with Gasteiger partial charge in [0.1, 0.15) is 0 Å². The Morgan fingerprint density at radius 1 is 1.45 bits per heavy atom. The van der Waals surface area contributed by atoms with E-state index in [0.717, 1.165) is 44.5 Å². The van der Waals surface area contributed by atoms with Gasteiger partial charge < -0.3 is 10.8 Å². The molecule has 1 aromatic carbocycles. The van der Waals surface area contributed by atoms with E-state index in [1.807, 2.05) is 13.0 Å². The van der Waals surface area contributed by atoms with Gasteiger partial charge in [-0.25, -0.2) is 0 Å². The van der Waals surface area contributed by atoms with E-state index < -0.39 is 11.5 Å². The van der Waals surface area contributed by atoms with Crippen LogP contribution in [0.1, 0.15) is 42.1 Å². The molecule has 0 aromatic heterocycles. The largest absolute Gasteiger partial charge is 0.390 e. The summed E-state index contributed by atoms with van der Waals surface area (Å²) in [5.41, 5.74) is 6.08. The Morgan fingerprint density at radius 2 is 2.20 bits per heavy atom. The second kappa shape index (κ2) is 6.12. The Hall–Kier alpha value is -1.10. The fraction of sp³-hybridized carbons (Fsp3) is 0.533. The SMILES string of the molecule is CC1(O)CCCN(Cc2ccc(C(N)=O)cc2Cl)CC1. The van der Waals surface area contributed by atoms with Gasteiger partial charge in [-0.3, -0.25) is 9.69 Å². The highest BCUT2D eigenvalue weighted by molar-refractivity contribution is 6.31. The summed E-state index contributed by atoms with van der Waals surface area (Å²) in [5.74, 6) is -0.468. The van der Waals surface area contributed by atoms with Gasteiger partial charge in [-0.1, -0.05) is 17.7 Å². The number of amides is 1. The molecule has 1 fully saturated rings. The average molecular weight is 297 g/mol. The molecule has 1 aromatic rings. The number of primary amides is 1. The lowest BCUT2D eigenvalue weighted by Crippen LogP contribution is -2.28. The highest BCUT2D eigenvalue weighted by Crippen LogP contribution is 2.24. The zero-order valence-corrected chi connectivity index (χ0v) is 12.5. The lowest BCUT2D eigenvalue weighted by molar-refractivity contribution is 0.0444. The second-order valence-corrected chi connectivity index (χ2v) is 6.20. The molecule has 1 aliphatic heterocycles. The van der Waals surface area contributed by atoms with Gasteiger partial charge in [0.2, 0.25) is 5.91 Å². The van der Waals surface area contributed by atoms with Gasteiger partial charge in [0.15, 0.2) is 0 Å². The number of carbonyl (C=O) groups is 1. The van der Waals surface area contributed by atoms with Gasteiger partial charge in [0.25, 0.3) is 0 Å². The fourth-order valence-corrected chi connectivity index (χ4v) is 2.79. The number of hydrogen-bond acceptors (Lipinski definition) is 3. The summed E-state index contributed by atoms with van der Waals surface area (Å²) in [6.07, 6.45) is 2.58. The molecule has 0 saturated carbocycles. The summed E-state index contributed by atoms with van der Waals surface area (Å²) >= 11 is 6.21. The van der Waals surface area contributed by atoms with E-state index >= 15 is 0 Å². The Kier molecular flexibility index (Phi) is 4.68. The quantitative estimate of drug-likeness (QED) is 0.898. The van der Waals surface area contributed by atoms with Gasteiger partial charge in [-0.05, 0) is 50.4 Å². The standard InChI is InChI=1S/C15H21ClN2O2/c1-15(20)5-2-7-18(8-6-15)10-12-4-3-11(14(17)19)9-13(12)16/h3-4,9,20H,2,5-8,10H2,1H3,(H2,17,19).